The van der Waals surface area contributed by atoms with Crippen molar-refractivity contribution >= 4 is 22.9 Å². The number of thiophene rings is 1. The van der Waals surface area contributed by atoms with Crippen molar-refractivity contribution in [3.8, 4) is 5.75 Å². The lowest BCUT2D eigenvalue weighted by atomic mass is 10.2. The minimum absolute atomic E-state index is 0.619. The number of rotatable bonds is 6. The molecule has 21 heavy (non-hydrogen) atoms. The summed E-state index contributed by atoms with van der Waals surface area (Å²) in [7, 11) is 0. The van der Waals surface area contributed by atoms with Crippen LogP contribution in [0.3, 0.4) is 0 Å². The van der Waals surface area contributed by atoms with Crippen LogP contribution >= 0.6 is 22.9 Å². The maximum atomic E-state index is 5.97. The smallest absolute Gasteiger partial charge is 0.122 e. The fourth-order valence-electron chi connectivity index (χ4n) is 2.28. The monoisotopic (exact) mass is 321 g/mol. The zero-order chi connectivity index (χ0) is 14.8. The van der Waals surface area contributed by atoms with Crippen molar-refractivity contribution in [1.29, 1.82) is 0 Å². The van der Waals surface area contributed by atoms with Gasteiger partial charge in [0.15, 0.2) is 0 Å². The molecule has 2 nitrogen and oxygen atoms in total. The predicted octanol–water partition coefficient (Wildman–Crippen LogP) is 4.85. The van der Waals surface area contributed by atoms with Crippen LogP contribution in [0.25, 0.3) is 0 Å². The molecule has 2 aromatic rings. The quantitative estimate of drug-likeness (QED) is 0.821. The van der Waals surface area contributed by atoms with Crippen LogP contribution in [0, 0.1) is 13.8 Å². The third-order valence-electron chi connectivity index (χ3n) is 3.73. The molecule has 1 heterocycles. The second-order valence-corrected chi connectivity index (χ2v) is 7.43. The molecule has 1 N–H and O–H groups in total. The number of hydrogen-bond acceptors (Lipinski definition) is 3. The molecule has 0 radical (unpaired) electrons. The first kappa shape index (κ1) is 14.9. The normalized spacial score (nSPS) is 14.4. The Kier molecular flexibility index (Phi) is 4.53. The van der Waals surface area contributed by atoms with Crippen molar-refractivity contribution in [2.75, 3.05) is 0 Å². The van der Waals surface area contributed by atoms with Gasteiger partial charge in [-0.1, -0.05) is 11.6 Å². The van der Waals surface area contributed by atoms with E-state index in [4.69, 9.17) is 16.3 Å². The SMILES string of the molecule is Cc1cc(Cl)ccc1OCc1cc(CNC2CC2)sc1C. The van der Waals surface area contributed by atoms with Crippen LogP contribution in [0.5, 0.6) is 5.75 Å². The van der Waals surface area contributed by atoms with Gasteiger partial charge in [-0.3, -0.25) is 0 Å². The highest BCUT2D eigenvalue weighted by Crippen LogP contribution is 2.27. The van der Waals surface area contributed by atoms with Crippen LogP contribution < -0.4 is 10.1 Å². The van der Waals surface area contributed by atoms with E-state index in [1.54, 1.807) is 0 Å². The van der Waals surface area contributed by atoms with Crippen LogP contribution in [0.1, 0.15) is 33.7 Å². The molecule has 0 amide bonds. The van der Waals surface area contributed by atoms with Crippen LogP contribution in [0.2, 0.25) is 5.02 Å². The average Bonchev–Trinajstić information content (AvgIpc) is 3.20. The Labute approximate surface area is 135 Å². The second-order valence-electron chi connectivity index (χ2n) is 5.65. The summed E-state index contributed by atoms with van der Waals surface area (Å²) in [5.74, 6) is 0.905. The van der Waals surface area contributed by atoms with Crippen molar-refractivity contribution in [3.05, 3.63) is 50.2 Å². The minimum atomic E-state index is 0.619. The molecule has 0 atom stereocenters. The third-order valence-corrected chi connectivity index (χ3v) is 5.06. The zero-order valence-corrected chi connectivity index (χ0v) is 14.0. The molecule has 4 heteroatoms. The Morgan fingerprint density at radius 3 is 2.81 bits per heavy atom. The van der Waals surface area contributed by atoms with Gasteiger partial charge in [0.2, 0.25) is 0 Å². The lowest BCUT2D eigenvalue weighted by molar-refractivity contribution is 0.304. The Bertz CT molecular complexity index is 634. The molecule has 0 aliphatic heterocycles. The van der Waals surface area contributed by atoms with Crippen molar-refractivity contribution in [2.24, 2.45) is 0 Å². The van der Waals surface area contributed by atoms with E-state index in [1.165, 1.54) is 28.2 Å². The van der Waals surface area contributed by atoms with Gasteiger partial charge in [-0.25, -0.2) is 0 Å². The first-order valence-corrected chi connectivity index (χ1v) is 8.52. The summed E-state index contributed by atoms with van der Waals surface area (Å²) in [5, 5.41) is 4.31. The second kappa shape index (κ2) is 6.39. The fourth-order valence-corrected chi connectivity index (χ4v) is 3.51. The molecule has 0 unspecified atom stereocenters. The van der Waals surface area contributed by atoms with Crippen LogP contribution in [-0.2, 0) is 13.2 Å². The Morgan fingerprint density at radius 2 is 2.10 bits per heavy atom. The number of hydrogen-bond donors (Lipinski definition) is 1. The van der Waals surface area contributed by atoms with Gasteiger partial charge in [-0.05, 0) is 56.5 Å². The van der Waals surface area contributed by atoms with Gasteiger partial charge < -0.3 is 10.1 Å². The van der Waals surface area contributed by atoms with Crippen molar-refractivity contribution < 1.29 is 4.74 Å². The molecule has 1 aromatic heterocycles. The van der Waals surface area contributed by atoms with E-state index in [-0.39, 0.29) is 0 Å². The molecule has 1 fully saturated rings. The van der Waals surface area contributed by atoms with Crippen LogP contribution in [0.15, 0.2) is 24.3 Å². The van der Waals surface area contributed by atoms with E-state index in [9.17, 15) is 0 Å². The first-order chi connectivity index (χ1) is 10.1. The number of aryl methyl sites for hydroxylation is 2. The standard InChI is InChI=1S/C17H20ClNOS/c1-11-7-14(18)3-6-17(11)20-10-13-8-16(21-12(13)2)9-19-15-4-5-15/h3,6-8,15,19H,4-5,9-10H2,1-2H3. The third kappa shape index (κ3) is 4.00. The summed E-state index contributed by atoms with van der Waals surface area (Å²) in [5.41, 5.74) is 2.35. The highest BCUT2D eigenvalue weighted by Gasteiger charge is 2.20. The predicted molar refractivity (Wildman–Crippen MR) is 89.4 cm³/mol. The molecular weight excluding hydrogens is 302 g/mol. The molecule has 1 aliphatic rings. The highest BCUT2D eigenvalue weighted by atomic mass is 35.5. The summed E-state index contributed by atoms with van der Waals surface area (Å²) < 4.78 is 5.94. The summed E-state index contributed by atoms with van der Waals surface area (Å²) >= 11 is 7.83. The van der Waals surface area contributed by atoms with E-state index in [0.29, 0.717) is 6.61 Å². The van der Waals surface area contributed by atoms with Crippen LogP contribution in [-0.4, -0.2) is 6.04 Å². The first-order valence-electron chi connectivity index (χ1n) is 7.32. The van der Waals surface area contributed by atoms with Gasteiger partial charge in [0.05, 0.1) is 0 Å². The highest BCUT2D eigenvalue weighted by molar-refractivity contribution is 7.12. The zero-order valence-electron chi connectivity index (χ0n) is 12.4. The van der Waals surface area contributed by atoms with Crippen molar-refractivity contribution in [1.82, 2.24) is 5.32 Å². The summed E-state index contributed by atoms with van der Waals surface area (Å²) in [6, 6.07) is 8.76. The topological polar surface area (TPSA) is 21.3 Å². The summed E-state index contributed by atoms with van der Waals surface area (Å²) in [4.78, 5) is 2.74. The van der Waals surface area contributed by atoms with Crippen LogP contribution in [0.4, 0.5) is 0 Å². The lowest BCUT2D eigenvalue weighted by Crippen LogP contribution is -2.14. The number of ether oxygens (including phenoxy) is 1. The van der Waals surface area contributed by atoms with Gasteiger partial charge in [-0.15, -0.1) is 11.3 Å². The maximum Gasteiger partial charge on any atom is 0.122 e. The number of halogens is 1. The van der Waals surface area contributed by atoms with Gasteiger partial charge >= 0.3 is 0 Å². The Balaban J connectivity index is 1.61. The molecule has 0 spiro atoms. The molecule has 0 saturated heterocycles. The van der Waals surface area contributed by atoms with E-state index in [1.807, 2.05) is 36.5 Å². The van der Waals surface area contributed by atoms with Crippen molar-refractivity contribution in [3.63, 3.8) is 0 Å². The van der Waals surface area contributed by atoms with E-state index < -0.39 is 0 Å². The lowest BCUT2D eigenvalue weighted by Gasteiger charge is -2.09. The van der Waals surface area contributed by atoms with E-state index >= 15 is 0 Å². The molecule has 112 valence electrons. The Morgan fingerprint density at radius 1 is 1.29 bits per heavy atom. The van der Waals surface area contributed by atoms with Gasteiger partial charge in [0, 0.05) is 32.9 Å². The fraction of sp³-hybridized carbons (Fsp3) is 0.412. The Hall–Kier alpha value is -1.03. The molecule has 3 rings (SSSR count). The minimum Gasteiger partial charge on any atom is -0.489 e. The summed E-state index contributed by atoms with van der Waals surface area (Å²) in [6.07, 6.45) is 2.66. The van der Waals surface area contributed by atoms with E-state index in [2.05, 4.69) is 18.3 Å². The van der Waals surface area contributed by atoms with Gasteiger partial charge in [-0.2, -0.15) is 0 Å². The van der Waals surface area contributed by atoms with Gasteiger partial charge in [0.1, 0.15) is 12.4 Å². The molecule has 1 aromatic carbocycles. The van der Waals surface area contributed by atoms with E-state index in [0.717, 1.165) is 28.9 Å². The molecule has 0 bridgehead atoms. The molecule has 1 saturated carbocycles. The molecule has 1 aliphatic carbocycles. The number of nitrogens with one attached hydrogen (secondary N) is 1. The van der Waals surface area contributed by atoms with Crippen molar-refractivity contribution in [2.45, 2.75) is 45.9 Å². The average molecular weight is 322 g/mol. The largest absolute Gasteiger partial charge is 0.489 e. The summed E-state index contributed by atoms with van der Waals surface area (Å²) in [6.45, 7) is 5.79. The maximum absolute atomic E-state index is 5.97. The molecular formula is C17H20ClNOS. The van der Waals surface area contributed by atoms with Gasteiger partial charge in [0.25, 0.3) is 0 Å². The number of benzene rings is 1.